The van der Waals surface area contributed by atoms with E-state index in [0.29, 0.717) is 30.9 Å². The molecule has 0 saturated heterocycles. The zero-order chi connectivity index (χ0) is 25.8. The van der Waals surface area contributed by atoms with Gasteiger partial charge >= 0.3 is 12.4 Å². The first-order valence-corrected chi connectivity index (χ1v) is 10.6. The first kappa shape index (κ1) is 26.0. The minimum atomic E-state index is -4.95. The number of anilines is 1. The molecule has 12 heteroatoms. The highest BCUT2D eigenvalue weighted by Gasteiger charge is 2.37. The Morgan fingerprint density at radius 2 is 1.74 bits per heavy atom. The number of hydrazone groups is 1. The molecule has 0 radical (unpaired) electrons. The van der Waals surface area contributed by atoms with Crippen LogP contribution < -0.4 is 10.9 Å². The summed E-state index contributed by atoms with van der Waals surface area (Å²) in [4.78, 5) is 16.2. The molecule has 2 aromatic rings. The van der Waals surface area contributed by atoms with Crippen molar-refractivity contribution in [2.45, 2.75) is 39.0 Å². The number of aryl methyl sites for hydroxylation is 1. The Labute approximate surface area is 197 Å². The van der Waals surface area contributed by atoms with Crippen LogP contribution in [-0.4, -0.2) is 28.2 Å². The van der Waals surface area contributed by atoms with E-state index in [4.69, 9.17) is 0 Å². The quantitative estimate of drug-likeness (QED) is 0.323. The Morgan fingerprint density at radius 3 is 2.31 bits per heavy atom. The van der Waals surface area contributed by atoms with Crippen LogP contribution in [0.4, 0.5) is 32.2 Å². The van der Waals surface area contributed by atoms with Crippen molar-refractivity contribution in [3.8, 4) is 0 Å². The maximum absolute atomic E-state index is 13.3. The molecule has 1 amide bonds. The number of amides is 1. The summed E-state index contributed by atoms with van der Waals surface area (Å²) >= 11 is 0. The van der Waals surface area contributed by atoms with Gasteiger partial charge in [-0.05, 0) is 61.1 Å². The summed E-state index contributed by atoms with van der Waals surface area (Å²) in [5.41, 5.74) is 2.97. The summed E-state index contributed by atoms with van der Waals surface area (Å²) in [6.45, 7) is 4.06. The monoisotopic (exact) mass is 499 g/mol. The number of alkyl halides is 6. The Balaban J connectivity index is 1.82. The topological polar surface area (TPSA) is 69.6 Å². The van der Waals surface area contributed by atoms with Gasteiger partial charge in [0.05, 0.1) is 16.8 Å². The SMILES string of the molecule is Cc1ccc(NNC(=O)/C=C\N2CC(C)CCC(c3cc(C(F)(F)F)cc(C(F)(F)F)c3)=N2)nc1. The third-order valence-electron chi connectivity index (χ3n) is 5.17. The number of carbonyl (C=O) groups is 1. The second-order valence-electron chi connectivity index (χ2n) is 8.26. The van der Waals surface area contributed by atoms with Gasteiger partial charge in [-0.15, -0.1) is 0 Å². The molecule has 0 aliphatic carbocycles. The van der Waals surface area contributed by atoms with E-state index in [9.17, 15) is 31.1 Å². The summed E-state index contributed by atoms with van der Waals surface area (Å²) in [6.07, 6.45) is -5.16. The molecule has 1 unspecified atom stereocenters. The first-order valence-electron chi connectivity index (χ1n) is 10.6. The van der Waals surface area contributed by atoms with E-state index in [1.54, 1.807) is 18.3 Å². The van der Waals surface area contributed by atoms with Gasteiger partial charge in [-0.25, -0.2) is 4.98 Å². The maximum atomic E-state index is 13.3. The molecule has 0 saturated carbocycles. The number of nitrogens with zero attached hydrogens (tertiary/aromatic N) is 3. The predicted molar refractivity (Wildman–Crippen MR) is 118 cm³/mol. The molecular formula is C23H23F6N5O. The van der Waals surface area contributed by atoms with Crippen molar-refractivity contribution in [2.24, 2.45) is 11.0 Å². The highest BCUT2D eigenvalue weighted by atomic mass is 19.4. The molecule has 35 heavy (non-hydrogen) atoms. The van der Waals surface area contributed by atoms with E-state index in [2.05, 4.69) is 20.9 Å². The third-order valence-corrected chi connectivity index (χ3v) is 5.17. The predicted octanol–water partition coefficient (Wildman–Crippen LogP) is 5.52. The minimum absolute atomic E-state index is 0.0201. The lowest BCUT2D eigenvalue weighted by Crippen LogP contribution is -2.28. The lowest BCUT2D eigenvalue weighted by molar-refractivity contribution is -0.143. The van der Waals surface area contributed by atoms with Gasteiger partial charge in [-0.2, -0.15) is 31.4 Å². The molecule has 2 N–H and O–H groups in total. The van der Waals surface area contributed by atoms with Crippen LogP contribution in [0.3, 0.4) is 0 Å². The molecule has 0 bridgehead atoms. The van der Waals surface area contributed by atoms with E-state index in [-0.39, 0.29) is 29.7 Å². The van der Waals surface area contributed by atoms with Crippen LogP contribution in [0, 0.1) is 12.8 Å². The van der Waals surface area contributed by atoms with E-state index in [1.165, 1.54) is 11.2 Å². The Morgan fingerprint density at radius 1 is 1.09 bits per heavy atom. The van der Waals surface area contributed by atoms with E-state index in [1.807, 2.05) is 13.8 Å². The number of hydrogen-bond acceptors (Lipinski definition) is 5. The second kappa shape index (κ2) is 10.4. The number of pyridine rings is 1. The van der Waals surface area contributed by atoms with Crippen molar-refractivity contribution in [3.63, 3.8) is 0 Å². The maximum Gasteiger partial charge on any atom is 0.416 e. The summed E-state index contributed by atoms with van der Waals surface area (Å²) in [7, 11) is 0. The smallest absolute Gasteiger partial charge is 0.282 e. The zero-order valence-corrected chi connectivity index (χ0v) is 18.8. The highest BCUT2D eigenvalue weighted by molar-refractivity contribution is 6.01. The highest BCUT2D eigenvalue weighted by Crippen LogP contribution is 2.37. The van der Waals surface area contributed by atoms with Crippen LogP contribution in [0.15, 0.2) is 53.9 Å². The molecule has 0 spiro atoms. The number of benzene rings is 1. The molecule has 1 aliphatic rings. The number of nitrogens with one attached hydrogen (secondary N) is 2. The van der Waals surface area contributed by atoms with Gasteiger partial charge in [0.15, 0.2) is 0 Å². The molecule has 2 heterocycles. The largest absolute Gasteiger partial charge is 0.416 e. The number of rotatable bonds is 5. The second-order valence-corrected chi connectivity index (χ2v) is 8.26. The molecule has 0 fully saturated rings. The number of aromatic nitrogens is 1. The van der Waals surface area contributed by atoms with Crippen LogP contribution in [-0.2, 0) is 17.1 Å². The lowest BCUT2D eigenvalue weighted by atomic mass is 9.96. The summed E-state index contributed by atoms with van der Waals surface area (Å²) in [6, 6.07) is 4.87. The fourth-order valence-electron chi connectivity index (χ4n) is 3.32. The van der Waals surface area contributed by atoms with Crippen molar-refractivity contribution in [2.75, 3.05) is 12.0 Å². The van der Waals surface area contributed by atoms with Crippen molar-refractivity contribution in [3.05, 3.63) is 71.1 Å². The Hall–Kier alpha value is -3.57. The molecule has 188 valence electrons. The molecule has 3 rings (SSSR count). The van der Waals surface area contributed by atoms with Crippen molar-refractivity contribution in [1.29, 1.82) is 0 Å². The molecular weight excluding hydrogens is 476 g/mol. The van der Waals surface area contributed by atoms with E-state index < -0.39 is 29.4 Å². The van der Waals surface area contributed by atoms with Gasteiger partial charge < -0.3 is 0 Å². The minimum Gasteiger partial charge on any atom is -0.282 e. The van der Waals surface area contributed by atoms with Gasteiger partial charge in [-0.3, -0.25) is 20.7 Å². The zero-order valence-electron chi connectivity index (χ0n) is 18.8. The average Bonchev–Trinajstić information content (AvgIpc) is 2.97. The Kier molecular flexibility index (Phi) is 7.71. The van der Waals surface area contributed by atoms with Gasteiger partial charge in [0.2, 0.25) is 0 Å². The molecule has 1 aromatic heterocycles. The van der Waals surface area contributed by atoms with Gasteiger partial charge in [-0.1, -0.05) is 13.0 Å². The number of hydrazine groups is 1. The van der Waals surface area contributed by atoms with E-state index in [0.717, 1.165) is 11.6 Å². The molecule has 1 aliphatic heterocycles. The van der Waals surface area contributed by atoms with Gasteiger partial charge in [0.25, 0.3) is 5.91 Å². The van der Waals surface area contributed by atoms with E-state index >= 15 is 0 Å². The van der Waals surface area contributed by atoms with Crippen LogP contribution in [0.2, 0.25) is 0 Å². The lowest BCUT2D eigenvalue weighted by Gasteiger charge is -2.17. The fraction of sp³-hybridized carbons (Fsp3) is 0.348. The number of carbonyl (C=O) groups excluding carboxylic acids is 1. The van der Waals surface area contributed by atoms with Gasteiger partial charge in [0, 0.05) is 25.0 Å². The third kappa shape index (κ3) is 7.46. The van der Waals surface area contributed by atoms with Crippen LogP contribution >= 0.6 is 0 Å². The van der Waals surface area contributed by atoms with Crippen molar-refractivity contribution >= 4 is 17.4 Å². The van der Waals surface area contributed by atoms with Crippen molar-refractivity contribution < 1.29 is 31.1 Å². The summed E-state index contributed by atoms with van der Waals surface area (Å²) in [5.74, 6) is -0.128. The first-order chi connectivity index (χ1) is 16.3. The van der Waals surface area contributed by atoms with Crippen LogP contribution in [0.1, 0.15) is 42.0 Å². The van der Waals surface area contributed by atoms with Crippen LogP contribution in [0.25, 0.3) is 0 Å². The normalized spacial score (nSPS) is 17.2. The van der Waals surface area contributed by atoms with Gasteiger partial charge in [0.1, 0.15) is 5.82 Å². The number of halogens is 6. The van der Waals surface area contributed by atoms with Crippen LogP contribution in [0.5, 0.6) is 0 Å². The van der Waals surface area contributed by atoms with Crippen molar-refractivity contribution in [1.82, 2.24) is 15.4 Å². The number of hydrogen-bond donors (Lipinski definition) is 2. The standard InChI is InChI=1S/C23H23F6N5O/c1-14-4-6-20(30-12-14)31-32-21(35)7-8-34-13-15(2)3-5-19(33-34)16-9-17(22(24,25)26)11-18(10-16)23(27,28)29/h4,6-12,15H,3,5,13H2,1-2H3,(H,30,31)(H,32,35)/b8-7-. The summed E-state index contributed by atoms with van der Waals surface area (Å²) in [5, 5.41) is 5.60. The summed E-state index contributed by atoms with van der Waals surface area (Å²) < 4.78 is 79.6. The average molecular weight is 499 g/mol. The molecule has 1 atom stereocenters. The Bertz CT molecular complexity index is 1080. The fourth-order valence-corrected chi connectivity index (χ4v) is 3.32. The molecule has 6 nitrogen and oxygen atoms in total. The molecule has 1 aromatic carbocycles.